The van der Waals surface area contributed by atoms with Crippen molar-refractivity contribution in [3.63, 3.8) is 0 Å². The van der Waals surface area contributed by atoms with Crippen LogP contribution in [0.25, 0.3) is 0 Å². The number of hydrogen-bond acceptors (Lipinski definition) is 4. The third kappa shape index (κ3) is 1.98. The Hall–Kier alpha value is -2.43. The minimum absolute atomic E-state index is 0.300. The number of amides is 2. The van der Waals surface area contributed by atoms with Crippen molar-refractivity contribution >= 4 is 11.8 Å². The van der Waals surface area contributed by atoms with Gasteiger partial charge in [-0.05, 0) is 18.2 Å². The quantitative estimate of drug-likeness (QED) is 0.672. The minimum Gasteiger partial charge on any atom is -0.365 e. The summed E-state index contributed by atoms with van der Waals surface area (Å²) in [6.45, 7) is 0. The first-order chi connectivity index (χ1) is 7.79. The first-order valence-corrected chi connectivity index (χ1v) is 4.58. The van der Waals surface area contributed by atoms with Crippen molar-refractivity contribution in [2.45, 2.75) is 0 Å². The number of rotatable bonds is 0. The minimum atomic E-state index is -0.300. The van der Waals surface area contributed by atoms with Crippen molar-refractivity contribution in [3.05, 3.63) is 53.9 Å². The van der Waals surface area contributed by atoms with Gasteiger partial charge < -0.3 is 4.52 Å². The zero-order valence-corrected chi connectivity index (χ0v) is 8.21. The van der Waals surface area contributed by atoms with Crippen LogP contribution in [-0.2, 0) is 0 Å². The number of imide groups is 1. The molecule has 2 aromatic rings. The van der Waals surface area contributed by atoms with E-state index in [4.69, 9.17) is 0 Å². The molecular formula is C11H8N2O3. The summed E-state index contributed by atoms with van der Waals surface area (Å²) in [6, 6.07) is 8.46. The summed E-state index contributed by atoms with van der Waals surface area (Å²) in [5.41, 5.74) is 0.940. The van der Waals surface area contributed by atoms with Crippen LogP contribution < -0.4 is 5.32 Å². The molecule has 1 aliphatic heterocycles. The van der Waals surface area contributed by atoms with Crippen LogP contribution >= 0.6 is 0 Å². The molecule has 0 bridgehead atoms. The second-order valence-electron chi connectivity index (χ2n) is 3.02. The maximum absolute atomic E-state index is 10.9. The normalized spacial score (nSPS) is 12.5. The molecular weight excluding hydrogens is 208 g/mol. The fraction of sp³-hybridized carbons (Fsp3) is 0. The molecule has 0 saturated heterocycles. The lowest BCUT2D eigenvalue weighted by molar-refractivity contribution is 0.0879. The van der Waals surface area contributed by atoms with E-state index in [0.29, 0.717) is 11.1 Å². The lowest BCUT2D eigenvalue weighted by Gasteiger charge is -1.88. The Balaban J connectivity index is 0.000000162. The first-order valence-electron chi connectivity index (χ1n) is 4.58. The van der Waals surface area contributed by atoms with Crippen LogP contribution in [0.2, 0.25) is 0 Å². The van der Waals surface area contributed by atoms with Gasteiger partial charge in [0.15, 0.2) is 0 Å². The third-order valence-electron chi connectivity index (χ3n) is 1.99. The number of carbonyl (C=O) groups is 2. The first kappa shape index (κ1) is 10.1. The molecule has 16 heavy (non-hydrogen) atoms. The molecule has 1 aromatic heterocycles. The van der Waals surface area contributed by atoms with Gasteiger partial charge in [0.1, 0.15) is 6.26 Å². The van der Waals surface area contributed by atoms with Crippen LogP contribution in [0.4, 0.5) is 0 Å². The Morgan fingerprint density at radius 1 is 1.00 bits per heavy atom. The zero-order chi connectivity index (χ0) is 11.4. The number of benzene rings is 1. The second kappa shape index (κ2) is 4.39. The van der Waals surface area contributed by atoms with E-state index in [1.165, 1.54) is 6.26 Å². The lowest BCUT2D eigenvalue weighted by Crippen LogP contribution is -2.19. The van der Waals surface area contributed by atoms with E-state index in [-0.39, 0.29) is 11.8 Å². The Labute approximate surface area is 91.1 Å². The van der Waals surface area contributed by atoms with Crippen LogP contribution in [0.15, 0.2) is 47.3 Å². The summed E-state index contributed by atoms with van der Waals surface area (Å²) in [7, 11) is 0. The van der Waals surface area contributed by atoms with Crippen LogP contribution in [0.1, 0.15) is 20.7 Å². The topological polar surface area (TPSA) is 72.2 Å². The number of carbonyl (C=O) groups excluding carboxylic acids is 2. The average molecular weight is 216 g/mol. The zero-order valence-electron chi connectivity index (χ0n) is 8.21. The van der Waals surface area contributed by atoms with Crippen LogP contribution in [0.3, 0.4) is 0 Å². The monoisotopic (exact) mass is 216 g/mol. The van der Waals surface area contributed by atoms with E-state index in [1.54, 1.807) is 36.5 Å². The number of hydrogen-bond donors (Lipinski definition) is 1. The third-order valence-corrected chi connectivity index (χ3v) is 1.99. The molecule has 0 fully saturated rings. The standard InChI is InChI=1S/C8H5NO2.C3H3NO/c10-7-5-3-1-2-4-6(5)8(11)9-7;1-2-4-5-3-1/h1-4H,(H,9,10,11);1-3H. The van der Waals surface area contributed by atoms with Crippen molar-refractivity contribution in [2.75, 3.05) is 0 Å². The molecule has 1 N–H and O–H groups in total. The number of fused-ring (bicyclic) bond motifs is 1. The molecule has 0 unspecified atom stereocenters. The van der Waals surface area contributed by atoms with E-state index in [2.05, 4.69) is 15.0 Å². The second-order valence-corrected chi connectivity index (χ2v) is 3.02. The van der Waals surface area contributed by atoms with Gasteiger partial charge in [-0.2, -0.15) is 0 Å². The van der Waals surface area contributed by atoms with Crippen molar-refractivity contribution in [3.8, 4) is 0 Å². The molecule has 3 rings (SSSR count). The van der Waals surface area contributed by atoms with Crippen LogP contribution in [0.5, 0.6) is 0 Å². The molecule has 2 heterocycles. The van der Waals surface area contributed by atoms with E-state index in [9.17, 15) is 9.59 Å². The molecule has 1 aromatic carbocycles. The SMILES string of the molecule is O=C1NC(=O)c2ccccc21.c1cnoc1. The summed E-state index contributed by atoms with van der Waals surface area (Å²) in [6.07, 6.45) is 3.10. The molecule has 0 radical (unpaired) electrons. The molecule has 5 nitrogen and oxygen atoms in total. The van der Waals surface area contributed by atoms with Gasteiger partial charge in [0.05, 0.1) is 17.3 Å². The highest BCUT2D eigenvalue weighted by Crippen LogP contribution is 2.13. The Kier molecular flexibility index (Phi) is 2.77. The number of nitrogens with zero attached hydrogens (tertiary/aromatic N) is 1. The van der Waals surface area contributed by atoms with Crippen LogP contribution in [0, 0.1) is 0 Å². The Morgan fingerprint density at radius 3 is 2.00 bits per heavy atom. The van der Waals surface area contributed by atoms with E-state index in [0.717, 1.165) is 0 Å². The maximum atomic E-state index is 10.9. The molecule has 0 atom stereocenters. The van der Waals surface area contributed by atoms with Gasteiger partial charge in [-0.3, -0.25) is 14.9 Å². The number of nitrogens with one attached hydrogen (secondary N) is 1. The maximum Gasteiger partial charge on any atom is 0.258 e. The van der Waals surface area contributed by atoms with Gasteiger partial charge in [-0.15, -0.1) is 0 Å². The van der Waals surface area contributed by atoms with E-state index < -0.39 is 0 Å². The van der Waals surface area contributed by atoms with E-state index in [1.807, 2.05) is 0 Å². The van der Waals surface area contributed by atoms with Gasteiger partial charge in [0, 0.05) is 0 Å². The molecule has 0 spiro atoms. The summed E-state index contributed by atoms with van der Waals surface area (Å²) < 4.78 is 4.33. The Morgan fingerprint density at radius 2 is 1.62 bits per heavy atom. The smallest absolute Gasteiger partial charge is 0.258 e. The summed E-state index contributed by atoms with van der Waals surface area (Å²) in [4.78, 5) is 21.9. The van der Waals surface area contributed by atoms with Gasteiger partial charge >= 0.3 is 0 Å². The van der Waals surface area contributed by atoms with Crippen molar-refractivity contribution in [2.24, 2.45) is 0 Å². The van der Waals surface area contributed by atoms with Crippen LogP contribution in [-0.4, -0.2) is 17.0 Å². The van der Waals surface area contributed by atoms with Crippen molar-refractivity contribution in [1.29, 1.82) is 0 Å². The number of aromatic nitrogens is 1. The highest BCUT2D eigenvalue weighted by Gasteiger charge is 2.25. The fourth-order valence-electron chi connectivity index (χ4n) is 1.29. The highest BCUT2D eigenvalue weighted by molar-refractivity contribution is 6.21. The Bertz CT molecular complexity index is 455. The summed E-state index contributed by atoms with van der Waals surface area (Å²) in [5.74, 6) is -0.601. The van der Waals surface area contributed by atoms with Gasteiger partial charge in [0.25, 0.3) is 11.8 Å². The van der Waals surface area contributed by atoms with Crippen molar-refractivity contribution < 1.29 is 14.1 Å². The predicted molar refractivity (Wildman–Crippen MR) is 54.7 cm³/mol. The molecule has 80 valence electrons. The van der Waals surface area contributed by atoms with Gasteiger partial charge in [0.2, 0.25) is 0 Å². The average Bonchev–Trinajstić information content (AvgIpc) is 2.94. The molecule has 1 aliphatic rings. The molecule has 0 aliphatic carbocycles. The summed E-state index contributed by atoms with van der Waals surface area (Å²) in [5, 5.41) is 5.55. The molecule has 2 amide bonds. The van der Waals surface area contributed by atoms with E-state index >= 15 is 0 Å². The lowest BCUT2D eigenvalue weighted by atomic mass is 10.1. The largest absolute Gasteiger partial charge is 0.365 e. The highest BCUT2D eigenvalue weighted by atomic mass is 16.5. The van der Waals surface area contributed by atoms with Gasteiger partial charge in [-0.1, -0.05) is 17.3 Å². The van der Waals surface area contributed by atoms with Gasteiger partial charge in [-0.25, -0.2) is 0 Å². The molecule has 5 heteroatoms. The van der Waals surface area contributed by atoms with Crippen molar-refractivity contribution in [1.82, 2.24) is 10.5 Å². The predicted octanol–water partition coefficient (Wildman–Crippen LogP) is 1.24. The fourth-order valence-corrected chi connectivity index (χ4v) is 1.29. The summed E-state index contributed by atoms with van der Waals surface area (Å²) >= 11 is 0. The molecule has 0 saturated carbocycles.